The normalized spacial score (nSPS) is 12.1. The van der Waals surface area contributed by atoms with Crippen LogP contribution in [0.15, 0.2) is 60.7 Å². The van der Waals surface area contributed by atoms with Crippen LogP contribution in [0.3, 0.4) is 0 Å². The van der Waals surface area contributed by atoms with Gasteiger partial charge in [0.1, 0.15) is 10.1 Å². The molecule has 2 aromatic carbocycles. The fourth-order valence-electron chi connectivity index (χ4n) is 2.31. The van der Waals surface area contributed by atoms with Crippen LogP contribution in [0, 0.1) is 0 Å². The number of allylic oxidation sites excluding steroid dienone is 1. The van der Waals surface area contributed by atoms with Gasteiger partial charge in [-0.25, -0.2) is 8.42 Å². The van der Waals surface area contributed by atoms with Crippen molar-refractivity contribution >= 4 is 16.2 Å². The van der Waals surface area contributed by atoms with E-state index in [-0.39, 0.29) is 6.15 Å². The minimum atomic E-state index is -4.43. The smallest absolute Gasteiger partial charge is 0.104 e. The van der Waals surface area contributed by atoms with Crippen molar-refractivity contribution in [3.8, 4) is 0 Å². The van der Waals surface area contributed by atoms with Crippen molar-refractivity contribution in [3.63, 3.8) is 0 Å². The molecule has 0 bridgehead atoms. The lowest BCUT2D eigenvalue weighted by molar-refractivity contribution is 0.427. The first-order valence-corrected chi connectivity index (χ1v) is 8.48. The predicted molar refractivity (Wildman–Crippen MR) is 94.3 cm³/mol. The third kappa shape index (κ3) is 4.51. The second-order valence-electron chi connectivity index (χ2n) is 5.64. The van der Waals surface area contributed by atoms with Crippen molar-refractivity contribution < 1.29 is 13.0 Å². The van der Waals surface area contributed by atoms with Crippen LogP contribution in [0.2, 0.25) is 0 Å². The van der Waals surface area contributed by atoms with Gasteiger partial charge in [0.05, 0.1) is 4.75 Å². The van der Waals surface area contributed by atoms with Gasteiger partial charge in [0.25, 0.3) is 0 Å². The van der Waals surface area contributed by atoms with E-state index < -0.39 is 14.9 Å². The molecule has 0 atom stereocenters. The SMILES string of the molecule is CC(C)(c1ccccc1CC=Cc1ccccc1)S(=O)(=O)[O-].[NH4+]. The van der Waals surface area contributed by atoms with E-state index in [2.05, 4.69) is 0 Å². The summed E-state index contributed by atoms with van der Waals surface area (Å²) in [4.78, 5) is 0. The molecule has 0 unspecified atom stereocenters. The van der Waals surface area contributed by atoms with Crippen molar-refractivity contribution in [2.45, 2.75) is 25.0 Å². The summed E-state index contributed by atoms with van der Waals surface area (Å²) in [5.74, 6) is 0. The summed E-state index contributed by atoms with van der Waals surface area (Å²) in [6, 6.07) is 17.0. The standard InChI is InChI=1S/C18H20O3S.H3N/c1-18(2,22(19,20)21)17-14-7-6-12-16(17)13-8-11-15-9-4-3-5-10-15;/h3-12,14H,13H2,1-2H3,(H,19,20,21);1H3. The predicted octanol–water partition coefficient (Wildman–Crippen LogP) is 4.10. The van der Waals surface area contributed by atoms with Gasteiger partial charge in [-0.15, -0.1) is 0 Å². The van der Waals surface area contributed by atoms with Crippen LogP contribution in [-0.4, -0.2) is 13.0 Å². The van der Waals surface area contributed by atoms with Gasteiger partial charge >= 0.3 is 0 Å². The summed E-state index contributed by atoms with van der Waals surface area (Å²) in [6.45, 7) is 2.91. The first-order valence-electron chi connectivity index (χ1n) is 7.08. The van der Waals surface area contributed by atoms with Crippen molar-refractivity contribution in [1.29, 1.82) is 0 Å². The molecule has 0 heterocycles. The monoisotopic (exact) mass is 333 g/mol. The van der Waals surface area contributed by atoms with E-state index >= 15 is 0 Å². The Morgan fingerprint density at radius 1 is 1.00 bits per heavy atom. The van der Waals surface area contributed by atoms with Crippen molar-refractivity contribution in [1.82, 2.24) is 6.15 Å². The molecule has 0 radical (unpaired) electrons. The fourth-order valence-corrected chi connectivity index (χ4v) is 2.77. The van der Waals surface area contributed by atoms with Crippen molar-refractivity contribution in [2.75, 3.05) is 0 Å². The highest BCUT2D eigenvalue weighted by atomic mass is 32.2. The molecule has 0 aromatic heterocycles. The molecule has 0 amide bonds. The molecule has 2 rings (SSSR count). The first kappa shape index (κ1) is 19.1. The Bertz CT molecular complexity index is 766. The highest BCUT2D eigenvalue weighted by molar-refractivity contribution is 7.86. The quantitative estimate of drug-likeness (QED) is 0.835. The molecule has 2 aromatic rings. The average molecular weight is 333 g/mol. The van der Waals surface area contributed by atoms with E-state index in [1.807, 2.05) is 54.6 Å². The van der Waals surface area contributed by atoms with Crippen LogP contribution in [0.25, 0.3) is 6.08 Å². The summed E-state index contributed by atoms with van der Waals surface area (Å²) >= 11 is 0. The summed E-state index contributed by atoms with van der Waals surface area (Å²) in [6.07, 6.45) is 4.53. The molecule has 5 heteroatoms. The highest BCUT2D eigenvalue weighted by Crippen LogP contribution is 2.31. The maximum Gasteiger partial charge on any atom is 0.104 e. The lowest BCUT2D eigenvalue weighted by Crippen LogP contribution is -2.29. The van der Waals surface area contributed by atoms with E-state index in [9.17, 15) is 13.0 Å². The van der Waals surface area contributed by atoms with Crippen LogP contribution in [0.5, 0.6) is 0 Å². The Labute approximate surface area is 138 Å². The number of benzene rings is 2. The van der Waals surface area contributed by atoms with Crippen LogP contribution in [0.1, 0.15) is 30.5 Å². The summed E-state index contributed by atoms with van der Waals surface area (Å²) in [5, 5.41) is 0. The maximum atomic E-state index is 11.5. The Morgan fingerprint density at radius 3 is 2.17 bits per heavy atom. The molecular weight excluding hydrogens is 310 g/mol. The molecule has 4 nitrogen and oxygen atoms in total. The number of rotatable bonds is 5. The molecule has 0 aliphatic heterocycles. The van der Waals surface area contributed by atoms with E-state index in [1.54, 1.807) is 12.1 Å². The van der Waals surface area contributed by atoms with Gasteiger partial charge in [0, 0.05) is 0 Å². The second kappa shape index (κ2) is 7.55. The number of quaternary nitrogens is 1. The average Bonchev–Trinajstić information content (AvgIpc) is 2.47. The van der Waals surface area contributed by atoms with Gasteiger partial charge in [0.15, 0.2) is 0 Å². The van der Waals surface area contributed by atoms with Gasteiger partial charge in [-0.3, -0.25) is 0 Å². The molecular formula is C18H23NO3S. The molecule has 0 spiro atoms. The van der Waals surface area contributed by atoms with E-state index in [1.165, 1.54) is 13.8 Å². The van der Waals surface area contributed by atoms with Crippen LogP contribution >= 0.6 is 0 Å². The van der Waals surface area contributed by atoms with Crippen LogP contribution < -0.4 is 6.15 Å². The van der Waals surface area contributed by atoms with Gasteiger partial charge in [0.2, 0.25) is 0 Å². The largest absolute Gasteiger partial charge is 0.747 e. The molecule has 23 heavy (non-hydrogen) atoms. The zero-order valence-corrected chi connectivity index (χ0v) is 14.5. The van der Waals surface area contributed by atoms with Gasteiger partial charge in [-0.05, 0) is 37.0 Å². The van der Waals surface area contributed by atoms with Crippen LogP contribution in [0.4, 0.5) is 0 Å². The Balaban J connectivity index is 0.00000264. The van der Waals surface area contributed by atoms with Gasteiger partial charge in [-0.2, -0.15) is 0 Å². The second-order valence-corrected chi connectivity index (χ2v) is 7.57. The van der Waals surface area contributed by atoms with Gasteiger partial charge < -0.3 is 10.7 Å². The summed E-state index contributed by atoms with van der Waals surface area (Å²) < 4.78 is 33.1. The van der Waals surface area contributed by atoms with Crippen molar-refractivity contribution in [2.24, 2.45) is 0 Å². The highest BCUT2D eigenvalue weighted by Gasteiger charge is 2.30. The first-order chi connectivity index (χ1) is 10.3. The molecule has 124 valence electrons. The van der Waals surface area contributed by atoms with E-state index in [0.717, 1.165) is 11.1 Å². The van der Waals surface area contributed by atoms with E-state index in [0.29, 0.717) is 12.0 Å². The molecule has 0 fully saturated rings. The Hall–Kier alpha value is -1.95. The van der Waals surface area contributed by atoms with Gasteiger partial charge in [-0.1, -0.05) is 66.7 Å². The van der Waals surface area contributed by atoms with Crippen LogP contribution in [-0.2, 0) is 21.3 Å². The molecule has 0 saturated carbocycles. The van der Waals surface area contributed by atoms with Crippen molar-refractivity contribution in [3.05, 3.63) is 77.4 Å². The minimum Gasteiger partial charge on any atom is -0.747 e. The molecule has 4 N–H and O–H groups in total. The zero-order chi connectivity index (χ0) is 16.2. The summed E-state index contributed by atoms with van der Waals surface area (Å²) in [5.41, 5.74) is 2.48. The number of hydrogen-bond donors (Lipinski definition) is 1. The molecule has 0 aliphatic carbocycles. The Morgan fingerprint density at radius 2 is 1.57 bits per heavy atom. The third-order valence-corrected chi connectivity index (χ3v) is 5.21. The van der Waals surface area contributed by atoms with E-state index in [4.69, 9.17) is 0 Å². The lowest BCUT2D eigenvalue weighted by Gasteiger charge is -2.30. The molecule has 0 saturated heterocycles. The molecule has 0 aliphatic rings. The lowest BCUT2D eigenvalue weighted by atomic mass is 9.94. The topological polar surface area (TPSA) is 93.7 Å². The zero-order valence-electron chi connectivity index (χ0n) is 13.7. The third-order valence-electron chi connectivity index (χ3n) is 3.74. The number of hydrogen-bond acceptors (Lipinski definition) is 3. The summed E-state index contributed by atoms with van der Waals surface area (Å²) in [7, 11) is -4.43. The maximum absolute atomic E-state index is 11.5. The fraction of sp³-hybridized carbons (Fsp3) is 0.222. The Kier molecular flexibility index (Phi) is 6.27. The minimum absolute atomic E-state index is 0.